The zero-order chi connectivity index (χ0) is 11.1. The van der Waals surface area contributed by atoms with Gasteiger partial charge in [0.2, 0.25) is 0 Å². The van der Waals surface area contributed by atoms with Crippen molar-refractivity contribution < 1.29 is 19.4 Å². The van der Waals surface area contributed by atoms with Crippen LogP contribution in [0, 0.1) is 5.92 Å². The zero-order valence-electron chi connectivity index (χ0n) is 8.74. The molecule has 1 unspecified atom stereocenters. The minimum Gasteiger partial charge on any atom is -0.486 e. The maximum Gasteiger partial charge on any atom is 0.341 e. The molecule has 80 valence electrons. The van der Waals surface area contributed by atoms with Crippen LogP contribution in [0.25, 0.3) is 0 Å². The number of hydrogen-bond donors (Lipinski definition) is 1. The number of carboxylic acids is 1. The number of allylic oxidation sites excluding steroid dienone is 2. The molecule has 0 fully saturated rings. The molecule has 0 aliphatic carbocycles. The summed E-state index contributed by atoms with van der Waals surface area (Å²) in [6, 6.07) is 0. The van der Waals surface area contributed by atoms with E-state index in [1.165, 1.54) is 13.0 Å². The molecule has 0 rings (SSSR count). The third kappa shape index (κ3) is 5.35. The van der Waals surface area contributed by atoms with E-state index < -0.39 is 12.6 Å². The van der Waals surface area contributed by atoms with Crippen LogP contribution in [0.2, 0.25) is 0 Å². The fraction of sp³-hybridized carbons (Fsp3) is 0.600. The van der Waals surface area contributed by atoms with E-state index in [4.69, 9.17) is 9.84 Å². The molecule has 0 aliphatic heterocycles. The van der Waals surface area contributed by atoms with E-state index in [9.17, 15) is 9.59 Å². The van der Waals surface area contributed by atoms with Gasteiger partial charge in [-0.25, -0.2) is 4.79 Å². The Labute approximate surface area is 83.6 Å². The molecule has 0 aromatic heterocycles. The van der Waals surface area contributed by atoms with Crippen molar-refractivity contribution in [2.24, 2.45) is 5.92 Å². The van der Waals surface area contributed by atoms with Crippen LogP contribution in [0.5, 0.6) is 0 Å². The molecule has 0 spiro atoms. The summed E-state index contributed by atoms with van der Waals surface area (Å²) in [5.74, 6) is -0.658. The third-order valence-corrected chi connectivity index (χ3v) is 1.81. The van der Waals surface area contributed by atoms with E-state index in [2.05, 4.69) is 0 Å². The molecule has 0 saturated carbocycles. The molecule has 0 aliphatic rings. The van der Waals surface area contributed by atoms with E-state index in [0.29, 0.717) is 5.76 Å². The van der Waals surface area contributed by atoms with E-state index in [-0.39, 0.29) is 11.7 Å². The van der Waals surface area contributed by atoms with E-state index >= 15 is 0 Å². The first-order valence-electron chi connectivity index (χ1n) is 4.54. The Morgan fingerprint density at radius 2 is 2.07 bits per heavy atom. The van der Waals surface area contributed by atoms with Gasteiger partial charge >= 0.3 is 5.97 Å². The predicted molar refractivity (Wildman–Crippen MR) is 51.8 cm³/mol. The van der Waals surface area contributed by atoms with Gasteiger partial charge in [-0.2, -0.15) is 0 Å². The van der Waals surface area contributed by atoms with Crippen LogP contribution in [0.15, 0.2) is 11.8 Å². The smallest absolute Gasteiger partial charge is 0.341 e. The molecule has 0 heterocycles. The Hall–Kier alpha value is -1.32. The monoisotopic (exact) mass is 200 g/mol. The summed E-state index contributed by atoms with van der Waals surface area (Å²) in [7, 11) is 0. The highest BCUT2D eigenvalue weighted by Crippen LogP contribution is 2.15. The molecule has 0 saturated heterocycles. The van der Waals surface area contributed by atoms with Crippen molar-refractivity contribution >= 4 is 11.8 Å². The van der Waals surface area contributed by atoms with Crippen molar-refractivity contribution in [1.82, 2.24) is 0 Å². The third-order valence-electron chi connectivity index (χ3n) is 1.81. The number of carbonyl (C=O) groups excluding carboxylic acids is 1. The maximum absolute atomic E-state index is 10.8. The predicted octanol–water partition coefficient (Wildman–Crippen LogP) is 1.61. The van der Waals surface area contributed by atoms with Crippen LogP contribution in [-0.2, 0) is 14.3 Å². The lowest BCUT2D eigenvalue weighted by Crippen LogP contribution is -2.11. The summed E-state index contributed by atoms with van der Waals surface area (Å²) < 4.78 is 5.01. The topological polar surface area (TPSA) is 63.6 Å². The highest BCUT2D eigenvalue weighted by molar-refractivity contribution is 5.87. The number of carbonyl (C=O) groups is 2. The molecule has 0 radical (unpaired) electrons. The highest BCUT2D eigenvalue weighted by Gasteiger charge is 2.10. The van der Waals surface area contributed by atoms with Crippen LogP contribution >= 0.6 is 0 Å². The van der Waals surface area contributed by atoms with Crippen LogP contribution in [0.3, 0.4) is 0 Å². The van der Waals surface area contributed by atoms with Gasteiger partial charge in [0, 0.05) is 12.0 Å². The standard InChI is InChI=1S/C10H16O4/c1-4-7(2)9(5-8(3)11)14-6-10(12)13/h5,7H,4,6H2,1-3H3,(H,12,13)/b9-5+. The molecular weight excluding hydrogens is 184 g/mol. The molecule has 14 heavy (non-hydrogen) atoms. The minimum atomic E-state index is -1.04. The lowest BCUT2D eigenvalue weighted by atomic mass is 10.1. The van der Waals surface area contributed by atoms with Crippen molar-refractivity contribution in [3.63, 3.8) is 0 Å². The molecule has 0 bridgehead atoms. The molecular formula is C10H16O4. The highest BCUT2D eigenvalue weighted by atomic mass is 16.5. The summed E-state index contributed by atoms with van der Waals surface area (Å²) in [4.78, 5) is 21.1. The lowest BCUT2D eigenvalue weighted by molar-refractivity contribution is -0.141. The Balaban J connectivity index is 4.40. The van der Waals surface area contributed by atoms with Gasteiger partial charge < -0.3 is 9.84 Å². The number of ether oxygens (including phenoxy) is 1. The zero-order valence-corrected chi connectivity index (χ0v) is 8.74. The molecule has 0 amide bonds. The fourth-order valence-electron chi connectivity index (χ4n) is 0.873. The average molecular weight is 200 g/mol. The molecule has 0 aromatic carbocycles. The normalized spacial score (nSPS) is 13.5. The van der Waals surface area contributed by atoms with Crippen LogP contribution in [-0.4, -0.2) is 23.5 Å². The van der Waals surface area contributed by atoms with Crippen molar-refractivity contribution in [3.05, 3.63) is 11.8 Å². The van der Waals surface area contributed by atoms with Gasteiger partial charge in [0.05, 0.1) is 0 Å². The fourth-order valence-corrected chi connectivity index (χ4v) is 0.873. The minimum absolute atomic E-state index is 0.0678. The van der Waals surface area contributed by atoms with Gasteiger partial charge in [0.25, 0.3) is 0 Å². The van der Waals surface area contributed by atoms with E-state index in [1.54, 1.807) is 0 Å². The van der Waals surface area contributed by atoms with Gasteiger partial charge in [0.1, 0.15) is 5.76 Å². The lowest BCUT2D eigenvalue weighted by Gasteiger charge is -2.13. The van der Waals surface area contributed by atoms with Gasteiger partial charge in [0.15, 0.2) is 12.4 Å². The number of aliphatic carboxylic acids is 1. The number of hydrogen-bond acceptors (Lipinski definition) is 3. The number of ketones is 1. The van der Waals surface area contributed by atoms with Crippen molar-refractivity contribution in [2.75, 3.05) is 6.61 Å². The number of rotatable bonds is 6. The Bertz CT molecular complexity index is 243. The van der Waals surface area contributed by atoms with Gasteiger partial charge in [-0.1, -0.05) is 13.8 Å². The Morgan fingerprint density at radius 3 is 2.43 bits per heavy atom. The quantitative estimate of drug-likeness (QED) is 0.522. The average Bonchev–Trinajstić information content (AvgIpc) is 2.10. The molecule has 0 aromatic rings. The van der Waals surface area contributed by atoms with Gasteiger partial charge in [-0.15, -0.1) is 0 Å². The molecule has 1 atom stereocenters. The summed E-state index contributed by atoms with van der Waals surface area (Å²) in [6.07, 6.45) is 2.15. The van der Waals surface area contributed by atoms with Crippen LogP contribution in [0.1, 0.15) is 27.2 Å². The number of carboxylic acid groups (broad SMARTS) is 1. The summed E-state index contributed by atoms with van der Waals surface area (Å²) in [5.41, 5.74) is 0. The molecule has 4 heteroatoms. The van der Waals surface area contributed by atoms with Crippen molar-refractivity contribution in [3.8, 4) is 0 Å². The van der Waals surface area contributed by atoms with Crippen LogP contribution in [0.4, 0.5) is 0 Å². The summed E-state index contributed by atoms with van der Waals surface area (Å²) in [5, 5.41) is 8.41. The Morgan fingerprint density at radius 1 is 1.50 bits per heavy atom. The first-order valence-corrected chi connectivity index (χ1v) is 4.54. The first kappa shape index (κ1) is 12.7. The van der Waals surface area contributed by atoms with Gasteiger partial charge in [-0.3, -0.25) is 4.79 Å². The first-order chi connectivity index (χ1) is 6.47. The molecule has 1 N–H and O–H groups in total. The SMILES string of the molecule is CCC(C)/C(=C\C(C)=O)OCC(=O)O. The van der Waals surface area contributed by atoms with Gasteiger partial charge in [-0.05, 0) is 13.3 Å². The maximum atomic E-state index is 10.8. The largest absolute Gasteiger partial charge is 0.486 e. The second kappa shape index (κ2) is 6.18. The summed E-state index contributed by atoms with van der Waals surface area (Å²) in [6.45, 7) is 4.84. The molecule has 4 nitrogen and oxygen atoms in total. The second-order valence-electron chi connectivity index (χ2n) is 3.15. The van der Waals surface area contributed by atoms with E-state index in [1.807, 2.05) is 13.8 Å². The van der Waals surface area contributed by atoms with Crippen molar-refractivity contribution in [2.45, 2.75) is 27.2 Å². The Kier molecular flexibility index (Phi) is 5.60. The van der Waals surface area contributed by atoms with Crippen LogP contribution < -0.4 is 0 Å². The summed E-state index contributed by atoms with van der Waals surface area (Å²) >= 11 is 0. The van der Waals surface area contributed by atoms with Crippen molar-refractivity contribution in [1.29, 1.82) is 0 Å². The van der Waals surface area contributed by atoms with E-state index in [0.717, 1.165) is 6.42 Å². The second-order valence-corrected chi connectivity index (χ2v) is 3.15.